The van der Waals surface area contributed by atoms with Crippen LogP contribution in [0.3, 0.4) is 0 Å². The highest BCUT2D eigenvalue weighted by Crippen LogP contribution is 2.11. The Hall–Kier alpha value is -0.540. The number of benzene rings is 1. The van der Waals surface area contributed by atoms with Gasteiger partial charge in [0.05, 0.1) is 0 Å². The molecule has 0 fully saturated rings. The van der Waals surface area contributed by atoms with E-state index in [0.717, 1.165) is 10.0 Å². The van der Waals surface area contributed by atoms with E-state index < -0.39 is 0 Å². The molecule has 0 atom stereocenters. The first kappa shape index (κ1) is 9.55. The van der Waals surface area contributed by atoms with Crippen molar-refractivity contribution in [2.24, 2.45) is 5.16 Å². The molecule has 0 aliphatic heterocycles. The molecule has 0 aliphatic carbocycles. The van der Waals surface area contributed by atoms with Gasteiger partial charge in [0.2, 0.25) is 0 Å². The van der Waals surface area contributed by atoms with Gasteiger partial charge in [-0.2, -0.15) is 0 Å². The predicted octanol–water partition coefficient (Wildman–Crippen LogP) is 3.02. The van der Waals surface area contributed by atoms with Gasteiger partial charge in [-0.15, -0.1) is 0 Å². The molecule has 0 saturated carbocycles. The molecule has 12 heavy (non-hydrogen) atoms. The number of rotatable bonds is 2. The number of nitrogens with zero attached hydrogens (tertiary/aromatic N) is 1. The number of halogens is 2. The van der Waals surface area contributed by atoms with Crippen molar-refractivity contribution in [3.05, 3.63) is 34.3 Å². The molecule has 1 rings (SSSR count). The third-order valence-electron chi connectivity index (χ3n) is 1.37. The van der Waals surface area contributed by atoms with Gasteiger partial charge in [0.25, 0.3) is 0 Å². The van der Waals surface area contributed by atoms with Gasteiger partial charge in [0.1, 0.15) is 5.17 Å². The maximum absolute atomic E-state index is 8.30. The molecule has 4 heteroatoms. The maximum atomic E-state index is 8.30. The minimum absolute atomic E-state index is 0.192. The Morgan fingerprint density at radius 2 is 2.00 bits per heavy atom. The normalized spacial score (nSPS) is 11.7. The minimum Gasteiger partial charge on any atom is -0.410 e. The lowest BCUT2D eigenvalue weighted by Gasteiger charge is -1.97. The van der Waals surface area contributed by atoms with Crippen LogP contribution < -0.4 is 0 Å². The van der Waals surface area contributed by atoms with Crippen molar-refractivity contribution >= 4 is 32.7 Å². The quantitative estimate of drug-likeness (QED) is 0.487. The standard InChI is InChI=1S/C8H7BrClNO/c9-7-3-1-6(2-4-7)5-8(10)11-12/h1-4,12H,5H2/b11-8-. The third kappa shape index (κ3) is 2.83. The van der Waals surface area contributed by atoms with E-state index in [4.69, 9.17) is 16.8 Å². The van der Waals surface area contributed by atoms with Gasteiger partial charge in [0, 0.05) is 10.9 Å². The molecule has 0 amide bonds. The van der Waals surface area contributed by atoms with Crippen molar-refractivity contribution in [1.82, 2.24) is 0 Å². The molecule has 0 bridgehead atoms. The first-order valence-electron chi connectivity index (χ1n) is 3.33. The smallest absolute Gasteiger partial charge is 0.149 e. The summed E-state index contributed by atoms with van der Waals surface area (Å²) in [5, 5.41) is 11.4. The topological polar surface area (TPSA) is 32.6 Å². The van der Waals surface area contributed by atoms with Gasteiger partial charge in [-0.1, -0.05) is 44.8 Å². The van der Waals surface area contributed by atoms with Crippen LogP contribution >= 0.6 is 27.5 Å². The molecule has 0 aromatic heterocycles. The molecule has 0 unspecified atom stereocenters. The van der Waals surface area contributed by atoms with Crippen LogP contribution in [0.4, 0.5) is 0 Å². The monoisotopic (exact) mass is 247 g/mol. The van der Waals surface area contributed by atoms with Gasteiger partial charge in [-0.25, -0.2) is 0 Å². The summed E-state index contributed by atoms with van der Waals surface area (Å²) in [6.45, 7) is 0. The predicted molar refractivity (Wildman–Crippen MR) is 52.9 cm³/mol. The minimum atomic E-state index is 0.192. The Labute approximate surface area is 84.0 Å². The summed E-state index contributed by atoms with van der Waals surface area (Å²) < 4.78 is 1.02. The van der Waals surface area contributed by atoms with Gasteiger partial charge in [0.15, 0.2) is 0 Å². The van der Waals surface area contributed by atoms with Crippen molar-refractivity contribution in [3.63, 3.8) is 0 Å². The second-order valence-corrected chi connectivity index (χ2v) is 3.63. The largest absolute Gasteiger partial charge is 0.410 e. The Morgan fingerprint density at radius 3 is 2.50 bits per heavy atom. The van der Waals surface area contributed by atoms with Crippen LogP contribution in [0.25, 0.3) is 0 Å². The van der Waals surface area contributed by atoms with E-state index in [1.165, 1.54) is 0 Å². The highest BCUT2D eigenvalue weighted by molar-refractivity contribution is 9.10. The summed E-state index contributed by atoms with van der Waals surface area (Å²) in [6, 6.07) is 7.66. The molecule has 1 aromatic rings. The second kappa shape index (κ2) is 4.48. The lowest BCUT2D eigenvalue weighted by Crippen LogP contribution is -1.93. The number of hydrogen-bond acceptors (Lipinski definition) is 2. The highest BCUT2D eigenvalue weighted by Gasteiger charge is 1.97. The van der Waals surface area contributed by atoms with E-state index in [1.54, 1.807) is 0 Å². The molecule has 1 N–H and O–H groups in total. The fraction of sp³-hybridized carbons (Fsp3) is 0.125. The van der Waals surface area contributed by atoms with Crippen LogP contribution in [-0.2, 0) is 6.42 Å². The molecule has 1 aromatic carbocycles. The summed E-state index contributed by atoms with van der Waals surface area (Å²) in [5.41, 5.74) is 1.01. The summed E-state index contributed by atoms with van der Waals surface area (Å²) in [7, 11) is 0. The van der Waals surface area contributed by atoms with Crippen LogP contribution in [0.2, 0.25) is 0 Å². The average molecular weight is 249 g/mol. The molecule has 0 heterocycles. The van der Waals surface area contributed by atoms with Gasteiger partial charge in [-0.3, -0.25) is 0 Å². The number of hydrogen-bond donors (Lipinski definition) is 1. The zero-order valence-corrected chi connectivity index (χ0v) is 8.51. The lowest BCUT2D eigenvalue weighted by atomic mass is 10.2. The fourth-order valence-electron chi connectivity index (χ4n) is 0.806. The Balaban J connectivity index is 2.71. The summed E-state index contributed by atoms with van der Waals surface area (Å²) in [6.07, 6.45) is 0.464. The van der Waals surface area contributed by atoms with Crippen molar-refractivity contribution < 1.29 is 5.21 Å². The van der Waals surface area contributed by atoms with Gasteiger partial charge < -0.3 is 5.21 Å². The summed E-state index contributed by atoms with van der Waals surface area (Å²) in [4.78, 5) is 0. The summed E-state index contributed by atoms with van der Waals surface area (Å²) in [5.74, 6) is 0. The molecule has 0 radical (unpaired) electrons. The Morgan fingerprint density at radius 1 is 1.42 bits per heavy atom. The second-order valence-electron chi connectivity index (χ2n) is 2.28. The molecule has 64 valence electrons. The Kier molecular flexibility index (Phi) is 3.56. The van der Waals surface area contributed by atoms with Crippen molar-refractivity contribution in [2.75, 3.05) is 0 Å². The average Bonchev–Trinajstić information content (AvgIpc) is 2.09. The molecule has 0 aliphatic rings. The van der Waals surface area contributed by atoms with E-state index in [-0.39, 0.29) is 5.17 Å². The first-order chi connectivity index (χ1) is 5.72. The van der Waals surface area contributed by atoms with Crippen LogP contribution in [0.1, 0.15) is 5.56 Å². The van der Waals surface area contributed by atoms with Crippen LogP contribution in [0.15, 0.2) is 33.9 Å². The van der Waals surface area contributed by atoms with E-state index in [9.17, 15) is 0 Å². The number of oxime groups is 1. The third-order valence-corrected chi connectivity index (χ3v) is 2.11. The zero-order valence-electron chi connectivity index (χ0n) is 6.17. The van der Waals surface area contributed by atoms with Crippen LogP contribution in [-0.4, -0.2) is 10.4 Å². The molecular weight excluding hydrogens is 241 g/mol. The van der Waals surface area contributed by atoms with E-state index in [1.807, 2.05) is 24.3 Å². The maximum Gasteiger partial charge on any atom is 0.149 e. The van der Waals surface area contributed by atoms with Gasteiger partial charge >= 0.3 is 0 Å². The van der Waals surface area contributed by atoms with E-state index in [0.29, 0.717) is 6.42 Å². The molecular formula is C8H7BrClNO. The van der Waals surface area contributed by atoms with Crippen LogP contribution in [0, 0.1) is 0 Å². The van der Waals surface area contributed by atoms with E-state index in [2.05, 4.69) is 21.1 Å². The highest BCUT2D eigenvalue weighted by atomic mass is 79.9. The SMILES string of the molecule is O/N=C(\Cl)Cc1ccc(Br)cc1. The fourth-order valence-corrected chi connectivity index (χ4v) is 1.22. The zero-order chi connectivity index (χ0) is 8.97. The lowest BCUT2D eigenvalue weighted by molar-refractivity contribution is 0.319. The van der Waals surface area contributed by atoms with Gasteiger partial charge in [-0.05, 0) is 17.7 Å². The Bertz CT molecular complexity index is 284. The van der Waals surface area contributed by atoms with Crippen molar-refractivity contribution in [2.45, 2.75) is 6.42 Å². The summed E-state index contributed by atoms with van der Waals surface area (Å²) >= 11 is 8.84. The molecule has 0 saturated heterocycles. The molecule has 0 spiro atoms. The first-order valence-corrected chi connectivity index (χ1v) is 4.50. The van der Waals surface area contributed by atoms with Crippen molar-refractivity contribution in [3.8, 4) is 0 Å². The van der Waals surface area contributed by atoms with E-state index >= 15 is 0 Å². The van der Waals surface area contributed by atoms with Crippen LogP contribution in [0.5, 0.6) is 0 Å². The van der Waals surface area contributed by atoms with Crippen molar-refractivity contribution in [1.29, 1.82) is 0 Å². The molecule has 2 nitrogen and oxygen atoms in total.